The van der Waals surface area contributed by atoms with Crippen LogP contribution in [0.3, 0.4) is 0 Å². The molecule has 0 spiro atoms. The Bertz CT molecular complexity index is 570. The summed E-state index contributed by atoms with van der Waals surface area (Å²) in [6.45, 7) is 1.73. The minimum absolute atomic E-state index is 0.455. The first-order valence-electron chi connectivity index (χ1n) is 7.36. The number of aliphatic hydroxyl groups is 1. The zero-order chi connectivity index (χ0) is 14.7. The molecule has 1 aromatic carbocycles. The summed E-state index contributed by atoms with van der Waals surface area (Å²) in [7, 11) is 1.65. The Hall–Kier alpha value is -1.36. The van der Waals surface area contributed by atoms with Gasteiger partial charge in [-0.3, -0.25) is 4.90 Å². The molecule has 0 radical (unpaired) electrons. The first-order chi connectivity index (χ1) is 10.3. The molecule has 3 rings (SSSR count). The molecule has 1 fully saturated rings. The third kappa shape index (κ3) is 3.28. The van der Waals surface area contributed by atoms with Crippen LogP contribution in [0.2, 0.25) is 0 Å². The fraction of sp³-hybridized carbons (Fsp3) is 0.412. The van der Waals surface area contributed by atoms with Gasteiger partial charge < -0.3 is 9.84 Å². The van der Waals surface area contributed by atoms with Crippen LogP contribution in [-0.2, 0) is 0 Å². The number of aliphatic hydroxyl groups excluding tert-OH is 1. The van der Waals surface area contributed by atoms with Gasteiger partial charge in [0.1, 0.15) is 5.75 Å². The van der Waals surface area contributed by atoms with Gasteiger partial charge in [0.2, 0.25) is 0 Å². The van der Waals surface area contributed by atoms with Gasteiger partial charge in [0.05, 0.1) is 13.2 Å². The Morgan fingerprint density at radius 3 is 3.10 bits per heavy atom. The number of hydrogen-bond donors (Lipinski definition) is 1. The monoisotopic (exact) mass is 303 g/mol. The van der Waals surface area contributed by atoms with Crippen LogP contribution in [-0.4, -0.2) is 30.2 Å². The van der Waals surface area contributed by atoms with Crippen molar-refractivity contribution >= 4 is 11.3 Å². The van der Waals surface area contributed by atoms with Crippen molar-refractivity contribution in [1.29, 1.82) is 0 Å². The maximum atomic E-state index is 10.5. The number of benzene rings is 1. The average molecular weight is 303 g/mol. The van der Waals surface area contributed by atoms with Crippen molar-refractivity contribution in [2.75, 3.05) is 20.2 Å². The number of hydrogen-bond acceptors (Lipinski definition) is 4. The number of β-amino-alcohol motifs (C(OH)–C–C–N with tert-alkyl or cyclic N) is 1. The Morgan fingerprint density at radius 2 is 2.33 bits per heavy atom. The minimum Gasteiger partial charge on any atom is -0.497 e. The SMILES string of the molecule is COc1cccc(C(O)CN2CCCC2c2ccsc2)c1. The summed E-state index contributed by atoms with van der Waals surface area (Å²) in [5, 5.41) is 14.9. The van der Waals surface area contributed by atoms with Gasteiger partial charge in [-0.2, -0.15) is 11.3 Å². The van der Waals surface area contributed by atoms with E-state index >= 15 is 0 Å². The van der Waals surface area contributed by atoms with Crippen molar-refractivity contribution in [1.82, 2.24) is 4.90 Å². The van der Waals surface area contributed by atoms with E-state index in [1.807, 2.05) is 24.3 Å². The highest BCUT2D eigenvalue weighted by Gasteiger charge is 2.28. The smallest absolute Gasteiger partial charge is 0.119 e. The van der Waals surface area contributed by atoms with Crippen LogP contribution in [0.1, 0.15) is 36.1 Å². The topological polar surface area (TPSA) is 32.7 Å². The summed E-state index contributed by atoms with van der Waals surface area (Å²) in [5.41, 5.74) is 2.31. The van der Waals surface area contributed by atoms with E-state index in [0.29, 0.717) is 12.6 Å². The quantitative estimate of drug-likeness (QED) is 0.915. The summed E-state index contributed by atoms with van der Waals surface area (Å²) in [6, 6.07) is 10.4. The van der Waals surface area contributed by atoms with Crippen molar-refractivity contribution < 1.29 is 9.84 Å². The van der Waals surface area contributed by atoms with Crippen LogP contribution >= 0.6 is 11.3 Å². The predicted molar refractivity (Wildman–Crippen MR) is 85.8 cm³/mol. The molecule has 1 aliphatic heterocycles. The molecule has 112 valence electrons. The second-order valence-electron chi connectivity index (χ2n) is 5.50. The lowest BCUT2D eigenvalue weighted by Gasteiger charge is -2.26. The summed E-state index contributed by atoms with van der Waals surface area (Å²) in [5.74, 6) is 0.794. The third-order valence-electron chi connectivity index (χ3n) is 4.18. The lowest BCUT2D eigenvalue weighted by Crippen LogP contribution is -2.28. The predicted octanol–water partition coefficient (Wildman–Crippen LogP) is 3.63. The molecule has 4 heteroatoms. The fourth-order valence-corrected chi connectivity index (χ4v) is 3.77. The van der Waals surface area contributed by atoms with Crippen molar-refractivity contribution in [3.63, 3.8) is 0 Å². The molecule has 0 amide bonds. The zero-order valence-corrected chi connectivity index (χ0v) is 13.1. The highest BCUT2D eigenvalue weighted by molar-refractivity contribution is 7.07. The number of thiophene rings is 1. The summed E-state index contributed by atoms with van der Waals surface area (Å²) >= 11 is 1.74. The van der Waals surface area contributed by atoms with E-state index < -0.39 is 6.10 Å². The van der Waals surface area contributed by atoms with E-state index in [2.05, 4.69) is 21.7 Å². The van der Waals surface area contributed by atoms with E-state index in [1.54, 1.807) is 18.4 Å². The van der Waals surface area contributed by atoms with Crippen LogP contribution in [0.4, 0.5) is 0 Å². The number of rotatable bonds is 5. The Labute approximate surface area is 129 Å². The molecule has 2 atom stereocenters. The van der Waals surface area contributed by atoms with E-state index in [0.717, 1.165) is 17.9 Å². The zero-order valence-electron chi connectivity index (χ0n) is 12.2. The summed E-state index contributed by atoms with van der Waals surface area (Å²) in [4.78, 5) is 2.40. The van der Waals surface area contributed by atoms with Gasteiger partial charge >= 0.3 is 0 Å². The van der Waals surface area contributed by atoms with Gasteiger partial charge in [-0.05, 0) is 59.5 Å². The highest BCUT2D eigenvalue weighted by Crippen LogP contribution is 2.34. The molecule has 2 heterocycles. The van der Waals surface area contributed by atoms with Gasteiger partial charge in [-0.1, -0.05) is 12.1 Å². The normalized spacial score (nSPS) is 20.6. The largest absolute Gasteiger partial charge is 0.497 e. The van der Waals surface area contributed by atoms with Crippen molar-refractivity contribution in [3.8, 4) is 5.75 Å². The van der Waals surface area contributed by atoms with Gasteiger partial charge in [0, 0.05) is 12.6 Å². The van der Waals surface area contributed by atoms with E-state index in [9.17, 15) is 5.11 Å². The standard InChI is InChI=1S/C17H21NO2S/c1-20-15-5-2-4-13(10-15)17(19)11-18-8-3-6-16(18)14-7-9-21-12-14/h2,4-5,7,9-10,12,16-17,19H,3,6,8,11H2,1H3. The van der Waals surface area contributed by atoms with Gasteiger partial charge in [-0.25, -0.2) is 0 Å². The molecule has 1 aliphatic rings. The van der Waals surface area contributed by atoms with Crippen LogP contribution in [0.25, 0.3) is 0 Å². The molecule has 21 heavy (non-hydrogen) atoms. The van der Waals surface area contributed by atoms with Crippen LogP contribution in [0.15, 0.2) is 41.1 Å². The van der Waals surface area contributed by atoms with Crippen LogP contribution < -0.4 is 4.74 Å². The molecular formula is C17H21NO2S. The number of methoxy groups -OCH3 is 1. The highest BCUT2D eigenvalue weighted by atomic mass is 32.1. The van der Waals surface area contributed by atoms with Crippen LogP contribution in [0.5, 0.6) is 5.75 Å². The van der Waals surface area contributed by atoms with Crippen LogP contribution in [0, 0.1) is 0 Å². The molecule has 0 saturated carbocycles. The Balaban J connectivity index is 1.70. The Kier molecular flexibility index (Phi) is 4.58. The van der Waals surface area contributed by atoms with Gasteiger partial charge in [0.15, 0.2) is 0 Å². The molecule has 1 aromatic heterocycles. The lowest BCUT2D eigenvalue weighted by atomic mass is 10.1. The molecular weight excluding hydrogens is 282 g/mol. The second-order valence-corrected chi connectivity index (χ2v) is 6.28. The number of ether oxygens (including phenoxy) is 1. The third-order valence-corrected chi connectivity index (χ3v) is 4.88. The molecule has 2 aromatic rings. The van der Waals surface area contributed by atoms with Crippen molar-refractivity contribution in [2.24, 2.45) is 0 Å². The molecule has 1 saturated heterocycles. The summed E-state index contributed by atoms with van der Waals surface area (Å²) in [6.07, 6.45) is 1.91. The maximum Gasteiger partial charge on any atom is 0.119 e. The molecule has 0 aliphatic carbocycles. The molecule has 0 bridgehead atoms. The van der Waals surface area contributed by atoms with E-state index in [4.69, 9.17) is 4.74 Å². The number of nitrogens with zero attached hydrogens (tertiary/aromatic N) is 1. The van der Waals surface area contributed by atoms with Gasteiger partial charge in [0.25, 0.3) is 0 Å². The first-order valence-corrected chi connectivity index (χ1v) is 8.30. The van der Waals surface area contributed by atoms with Crippen molar-refractivity contribution in [2.45, 2.75) is 25.0 Å². The van der Waals surface area contributed by atoms with Crippen molar-refractivity contribution in [3.05, 3.63) is 52.2 Å². The Morgan fingerprint density at radius 1 is 1.43 bits per heavy atom. The molecule has 3 nitrogen and oxygen atoms in total. The number of likely N-dealkylation sites (tertiary alicyclic amines) is 1. The fourth-order valence-electron chi connectivity index (χ4n) is 3.06. The van der Waals surface area contributed by atoms with E-state index in [1.165, 1.54) is 18.4 Å². The van der Waals surface area contributed by atoms with Gasteiger partial charge in [-0.15, -0.1) is 0 Å². The minimum atomic E-state index is -0.473. The second kappa shape index (κ2) is 6.60. The summed E-state index contributed by atoms with van der Waals surface area (Å²) < 4.78 is 5.23. The molecule has 2 unspecified atom stereocenters. The lowest BCUT2D eigenvalue weighted by molar-refractivity contribution is 0.106. The first kappa shape index (κ1) is 14.6. The molecule has 1 N–H and O–H groups in total. The van der Waals surface area contributed by atoms with E-state index in [-0.39, 0.29) is 0 Å². The average Bonchev–Trinajstić information content (AvgIpc) is 3.18. The maximum absolute atomic E-state index is 10.5.